The van der Waals surface area contributed by atoms with Crippen LogP contribution in [0.2, 0.25) is 0 Å². The largest absolute Gasteiger partial charge is 0.455 e. The van der Waals surface area contributed by atoms with E-state index in [0.717, 1.165) is 6.07 Å². The van der Waals surface area contributed by atoms with Crippen LogP contribution in [-0.4, -0.2) is 0 Å². The maximum absolute atomic E-state index is 12.1. The lowest BCUT2D eigenvalue weighted by atomic mass is 10.1. The van der Waals surface area contributed by atoms with Crippen molar-refractivity contribution in [1.29, 1.82) is 0 Å². The van der Waals surface area contributed by atoms with Gasteiger partial charge in [0.2, 0.25) is 5.76 Å². The average Bonchev–Trinajstić information content (AvgIpc) is 2.51. The maximum Gasteiger partial charge on any atom is 0.449 e. The Hall–Kier alpha value is -1.57. The van der Waals surface area contributed by atoms with Gasteiger partial charge in [-0.1, -0.05) is 5.92 Å². The molecule has 0 spiro atoms. The molecule has 0 fully saturated rings. The number of nitrogens with two attached hydrogens (primary N) is 1. The Morgan fingerprint density at radius 3 is 2.50 bits per heavy atom. The molecule has 0 amide bonds. The highest BCUT2D eigenvalue weighted by Gasteiger charge is 2.35. The summed E-state index contributed by atoms with van der Waals surface area (Å²) < 4.78 is 40.9. The zero-order chi connectivity index (χ0) is 10.8. The lowest BCUT2D eigenvalue weighted by molar-refractivity contribution is -0.153. The van der Waals surface area contributed by atoms with Crippen LogP contribution < -0.4 is 5.73 Å². The van der Waals surface area contributed by atoms with Crippen LogP contribution in [0, 0.1) is 12.0 Å². The van der Waals surface area contributed by atoms with E-state index in [0.29, 0.717) is 0 Å². The lowest BCUT2D eigenvalue weighted by Crippen LogP contribution is -2.02. The molecule has 0 saturated heterocycles. The van der Waals surface area contributed by atoms with Crippen LogP contribution in [0.15, 0.2) is 16.5 Å². The minimum absolute atomic E-state index is 0.162. The van der Waals surface area contributed by atoms with Crippen LogP contribution in [0.1, 0.15) is 24.4 Å². The minimum Gasteiger partial charge on any atom is -0.455 e. The van der Waals surface area contributed by atoms with Gasteiger partial charge in [-0.05, 0) is 19.1 Å². The summed E-state index contributed by atoms with van der Waals surface area (Å²) in [6.07, 6.45) is -4.45. The second-order valence-electron chi connectivity index (χ2n) is 2.71. The zero-order valence-electron chi connectivity index (χ0n) is 7.35. The first-order valence-corrected chi connectivity index (χ1v) is 3.83. The predicted octanol–water partition coefficient (Wildman–Crippen LogP) is 2.32. The quantitative estimate of drug-likeness (QED) is 0.562. The normalized spacial score (nSPS) is 13.1. The van der Waals surface area contributed by atoms with Gasteiger partial charge in [-0.2, -0.15) is 13.2 Å². The Labute approximate surface area is 78.9 Å². The molecule has 0 aliphatic rings. The molecule has 2 nitrogen and oxygen atoms in total. The summed E-state index contributed by atoms with van der Waals surface area (Å²) in [6, 6.07) is 4.25. The van der Waals surface area contributed by atoms with E-state index in [9.17, 15) is 13.2 Å². The molecule has 0 aromatic carbocycles. The van der Waals surface area contributed by atoms with E-state index < -0.39 is 17.9 Å². The van der Waals surface area contributed by atoms with E-state index in [1.807, 2.05) is 0 Å². The van der Waals surface area contributed by atoms with Crippen molar-refractivity contribution in [1.82, 2.24) is 0 Å². The van der Waals surface area contributed by atoms with Crippen molar-refractivity contribution in [3.05, 3.63) is 23.7 Å². The number of hydrogen-bond acceptors (Lipinski definition) is 2. The number of furan rings is 1. The first kappa shape index (κ1) is 10.5. The molecule has 1 unspecified atom stereocenters. The Morgan fingerprint density at radius 1 is 1.43 bits per heavy atom. The van der Waals surface area contributed by atoms with Crippen LogP contribution >= 0.6 is 0 Å². The van der Waals surface area contributed by atoms with Crippen LogP contribution in [0.25, 0.3) is 0 Å². The molecular formula is C9H8F3NO. The van der Waals surface area contributed by atoms with Crippen LogP contribution in [0.5, 0.6) is 0 Å². The van der Waals surface area contributed by atoms with E-state index in [1.165, 1.54) is 6.07 Å². The highest BCUT2D eigenvalue weighted by Crippen LogP contribution is 2.32. The van der Waals surface area contributed by atoms with E-state index in [4.69, 9.17) is 5.73 Å². The summed E-state index contributed by atoms with van der Waals surface area (Å²) in [4.78, 5) is 0. The lowest BCUT2D eigenvalue weighted by Gasteiger charge is -2.02. The van der Waals surface area contributed by atoms with E-state index in [2.05, 4.69) is 16.4 Å². The van der Waals surface area contributed by atoms with Crippen LogP contribution in [0.3, 0.4) is 0 Å². The van der Waals surface area contributed by atoms with Crippen molar-refractivity contribution >= 4 is 0 Å². The summed E-state index contributed by atoms with van der Waals surface area (Å²) in [5.41, 5.74) is 4.93. The predicted molar refractivity (Wildman–Crippen MR) is 44.1 cm³/mol. The Balaban J connectivity index is 2.92. The molecule has 76 valence electrons. The molecular weight excluding hydrogens is 195 g/mol. The average molecular weight is 203 g/mol. The van der Waals surface area contributed by atoms with Gasteiger partial charge in [-0.25, -0.2) is 0 Å². The third-order valence-corrected chi connectivity index (χ3v) is 1.63. The van der Waals surface area contributed by atoms with Gasteiger partial charge >= 0.3 is 6.18 Å². The molecule has 1 atom stereocenters. The smallest absolute Gasteiger partial charge is 0.449 e. The molecule has 14 heavy (non-hydrogen) atoms. The van der Waals surface area contributed by atoms with Gasteiger partial charge in [0.25, 0.3) is 0 Å². The van der Waals surface area contributed by atoms with E-state index >= 15 is 0 Å². The van der Waals surface area contributed by atoms with Crippen molar-refractivity contribution in [2.45, 2.75) is 19.0 Å². The maximum atomic E-state index is 12.1. The topological polar surface area (TPSA) is 39.2 Å². The number of halogens is 3. The second-order valence-corrected chi connectivity index (χ2v) is 2.71. The van der Waals surface area contributed by atoms with Gasteiger partial charge in [0, 0.05) is 6.04 Å². The first-order valence-electron chi connectivity index (χ1n) is 3.83. The molecule has 1 heterocycles. The number of hydrogen-bond donors (Lipinski definition) is 1. The minimum atomic E-state index is -4.45. The van der Waals surface area contributed by atoms with Crippen molar-refractivity contribution in [3.8, 4) is 12.0 Å². The van der Waals surface area contributed by atoms with E-state index in [-0.39, 0.29) is 5.76 Å². The Kier molecular flexibility index (Phi) is 2.75. The molecule has 2 N–H and O–H groups in total. The fraction of sp³-hybridized carbons (Fsp3) is 0.333. The van der Waals surface area contributed by atoms with Gasteiger partial charge < -0.3 is 10.2 Å². The molecule has 1 aromatic rings. The molecule has 0 radical (unpaired) electrons. The van der Waals surface area contributed by atoms with E-state index in [1.54, 1.807) is 6.92 Å². The summed E-state index contributed by atoms with van der Waals surface area (Å²) in [5.74, 6) is 1.21. The van der Waals surface area contributed by atoms with Gasteiger partial charge in [0.05, 0.1) is 5.92 Å². The fourth-order valence-corrected chi connectivity index (χ4v) is 0.934. The third-order valence-electron chi connectivity index (χ3n) is 1.63. The van der Waals surface area contributed by atoms with Crippen LogP contribution in [-0.2, 0) is 6.18 Å². The fourth-order valence-electron chi connectivity index (χ4n) is 0.934. The molecule has 5 heteroatoms. The SMILES string of the molecule is CC(C#CN)c1ccc(C(F)(F)F)o1. The number of rotatable bonds is 1. The second kappa shape index (κ2) is 3.66. The Morgan fingerprint density at radius 2 is 2.07 bits per heavy atom. The Bertz CT molecular complexity index is 369. The number of alkyl halides is 3. The highest BCUT2D eigenvalue weighted by atomic mass is 19.4. The van der Waals surface area contributed by atoms with Gasteiger partial charge in [-0.15, -0.1) is 0 Å². The van der Waals surface area contributed by atoms with Crippen LogP contribution in [0.4, 0.5) is 13.2 Å². The van der Waals surface area contributed by atoms with Crippen molar-refractivity contribution in [3.63, 3.8) is 0 Å². The van der Waals surface area contributed by atoms with Gasteiger partial charge in [-0.3, -0.25) is 0 Å². The molecule has 1 aromatic heterocycles. The summed E-state index contributed by atoms with van der Waals surface area (Å²) in [5, 5.41) is 0. The molecule has 0 aliphatic heterocycles. The van der Waals surface area contributed by atoms with Crippen molar-refractivity contribution in [2.24, 2.45) is 5.73 Å². The highest BCUT2D eigenvalue weighted by molar-refractivity contribution is 5.20. The molecule has 0 saturated carbocycles. The molecule has 0 bridgehead atoms. The van der Waals surface area contributed by atoms with Gasteiger partial charge in [0.15, 0.2) is 0 Å². The monoisotopic (exact) mass is 203 g/mol. The molecule has 1 rings (SSSR count). The van der Waals surface area contributed by atoms with Crippen molar-refractivity contribution < 1.29 is 17.6 Å². The third kappa shape index (κ3) is 2.22. The standard InChI is InChI=1S/C9H8F3NO/c1-6(4-5-13)7-2-3-8(14-7)9(10,11)12/h2-3,6H,13H2,1H3. The van der Waals surface area contributed by atoms with Gasteiger partial charge in [0.1, 0.15) is 5.76 Å². The summed E-state index contributed by atoms with van der Waals surface area (Å²) in [6.45, 7) is 1.61. The first-order chi connectivity index (χ1) is 6.45. The summed E-state index contributed by atoms with van der Waals surface area (Å²) >= 11 is 0. The summed E-state index contributed by atoms with van der Waals surface area (Å²) in [7, 11) is 0. The molecule has 0 aliphatic carbocycles. The zero-order valence-corrected chi connectivity index (χ0v) is 7.35. The van der Waals surface area contributed by atoms with Crippen molar-refractivity contribution in [2.75, 3.05) is 0 Å².